The van der Waals surface area contributed by atoms with Crippen molar-refractivity contribution in [3.63, 3.8) is 0 Å². The summed E-state index contributed by atoms with van der Waals surface area (Å²) >= 11 is 0. The summed E-state index contributed by atoms with van der Waals surface area (Å²) in [6.07, 6.45) is 19.6. The molecule has 0 aromatic rings. The molecule has 6 nitrogen and oxygen atoms in total. The van der Waals surface area contributed by atoms with Gasteiger partial charge in [0.2, 0.25) is 0 Å². The minimum Gasteiger partial charge on any atom is -0.465 e. The van der Waals surface area contributed by atoms with Crippen molar-refractivity contribution < 1.29 is 28.6 Å². The number of hydrogen-bond acceptors (Lipinski definition) is 6. The first-order valence-corrected chi connectivity index (χ1v) is 15.5. The summed E-state index contributed by atoms with van der Waals surface area (Å²) in [5.41, 5.74) is -1.42. The van der Waals surface area contributed by atoms with Gasteiger partial charge in [0.25, 0.3) is 0 Å². The Morgan fingerprint density at radius 2 is 0.816 bits per heavy atom. The van der Waals surface area contributed by atoms with Crippen LogP contribution in [0, 0.1) is 10.8 Å². The van der Waals surface area contributed by atoms with Gasteiger partial charge in [-0.2, -0.15) is 0 Å². The number of hydrogen-bond donors (Lipinski definition) is 0. The average Bonchev–Trinajstić information content (AvgIpc) is 2.88. The monoisotopic (exact) mass is 540 g/mol. The second kappa shape index (κ2) is 22.2. The summed E-state index contributed by atoms with van der Waals surface area (Å²) in [5, 5.41) is 0. The Balaban J connectivity index is 4.03. The lowest BCUT2D eigenvalue weighted by molar-refractivity contribution is -0.165. The molecule has 0 aliphatic carbocycles. The lowest BCUT2D eigenvalue weighted by Crippen LogP contribution is -2.36. The van der Waals surface area contributed by atoms with Crippen LogP contribution in [-0.4, -0.2) is 37.7 Å². The maximum absolute atomic E-state index is 12.6. The van der Waals surface area contributed by atoms with Crippen LogP contribution < -0.4 is 0 Å². The molecular weight excluding hydrogens is 480 g/mol. The average molecular weight is 541 g/mol. The van der Waals surface area contributed by atoms with Crippen LogP contribution in [0.25, 0.3) is 0 Å². The summed E-state index contributed by atoms with van der Waals surface area (Å²) in [4.78, 5) is 36.8. The van der Waals surface area contributed by atoms with Crippen molar-refractivity contribution in [1.29, 1.82) is 0 Å². The molecule has 0 fully saturated rings. The van der Waals surface area contributed by atoms with Crippen LogP contribution in [0.5, 0.6) is 0 Å². The highest BCUT2D eigenvalue weighted by Crippen LogP contribution is 2.23. The van der Waals surface area contributed by atoms with Crippen LogP contribution in [-0.2, 0) is 28.6 Å². The summed E-state index contributed by atoms with van der Waals surface area (Å²) in [6.45, 7) is 12.0. The first-order valence-electron chi connectivity index (χ1n) is 15.5. The van der Waals surface area contributed by atoms with Crippen molar-refractivity contribution in [2.45, 2.75) is 157 Å². The van der Waals surface area contributed by atoms with Crippen LogP contribution in [0.1, 0.15) is 157 Å². The van der Waals surface area contributed by atoms with E-state index >= 15 is 0 Å². The number of rotatable bonds is 25. The van der Waals surface area contributed by atoms with Crippen LogP contribution in [0.15, 0.2) is 0 Å². The zero-order valence-electron chi connectivity index (χ0n) is 25.8. The first kappa shape index (κ1) is 36.4. The fourth-order valence-electron chi connectivity index (χ4n) is 4.04. The van der Waals surface area contributed by atoms with Gasteiger partial charge in [0, 0.05) is 18.3 Å². The maximum Gasteiger partial charge on any atom is 0.315 e. The molecule has 0 atom stereocenters. The van der Waals surface area contributed by atoms with Gasteiger partial charge in [0.05, 0.1) is 18.6 Å². The van der Waals surface area contributed by atoms with Gasteiger partial charge >= 0.3 is 17.9 Å². The molecule has 0 spiro atoms. The number of carbonyl (C=O) groups is 3. The van der Waals surface area contributed by atoms with Crippen molar-refractivity contribution in [3.8, 4) is 0 Å². The Morgan fingerprint density at radius 3 is 1.24 bits per heavy atom. The maximum atomic E-state index is 12.6. The van der Waals surface area contributed by atoms with E-state index in [1.54, 1.807) is 13.8 Å². The van der Waals surface area contributed by atoms with E-state index in [1.165, 1.54) is 70.6 Å². The molecule has 0 aromatic heterocycles. The molecule has 0 aromatic carbocycles. The molecule has 0 rings (SSSR count). The smallest absolute Gasteiger partial charge is 0.315 e. The quantitative estimate of drug-likeness (QED) is 0.0654. The van der Waals surface area contributed by atoms with Gasteiger partial charge in [-0.15, -0.1) is 0 Å². The minimum atomic E-state index is -0.932. The van der Waals surface area contributed by atoms with E-state index in [2.05, 4.69) is 13.8 Å². The first-order chi connectivity index (χ1) is 18.0. The Kier molecular flexibility index (Phi) is 21.3. The Bertz CT molecular complexity index is 625. The van der Waals surface area contributed by atoms with E-state index in [0.717, 1.165) is 32.1 Å². The highest BCUT2D eigenvalue weighted by Gasteiger charge is 2.33. The van der Waals surface area contributed by atoms with Crippen LogP contribution >= 0.6 is 0 Å². The molecule has 0 aliphatic heterocycles. The van der Waals surface area contributed by atoms with E-state index in [4.69, 9.17) is 14.2 Å². The predicted molar refractivity (Wildman–Crippen MR) is 155 cm³/mol. The third kappa shape index (κ3) is 21.4. The summed E-state index contributed by atoms with van der Waals surface area (Å²) in [5.74, 6) is -0.879. The minimum absolute atomic E-state index is 0.00426. The molecule has 0 amide bonds. The molecular formula is C32H60O6. The third-order valence-electron chi connectivity index (χ3n) is 6.83. The highest BCUT2D eigenvalue weighted by atomic mass is 16.6. The fraction of sp³-hybridized carbons (Fsp3) is 0.906. The standard InChI is InChI=1S/C32H60O6/c1-7-9-11-13-15-17-19-21-23-28(33)36-25-31(3,4)26-38-30(35)32(5,6)27-37-29(34)24-22-20-18-16-14-12-10-8-2/h7-27H2,1-6H3. The molecule has 0 aliphatic rings. The van der Waals surface area contributed by atoms with Crippen molar-refractivity contribution in [2.75, 3.05) is 19.8 Å². The van der Waals surface area contributed by atoms with Crippen molar-refractivity contribution in [2.24, 2.45) is 10.8 Å². The van der Waals surface area contributed by atoms with Gasteiger partial charge in [-0.05, 0) is 26.7 Å². The SMILES string of the molecule is CCCCCCCCCCC(=O)OCC(C)(C)COC(=O)C(C)(C)COC(=O)CCCCCCCCCC. The molecule has 0 radical (unpaired) electrons. The number of carbonyl (C=O) groups excluding carboxylic acids is 3. The van der Waals surface area contributed by atoms with E-state index < -0.39 is 16.8 Å². The van der Waals surface area contributed by atoms with Crippen molar-refractivity contribution in [1.82, 2.24) is 0 Å². The van der Waals surface area contributed by atoms with Crippen LogP contribution in [0.3, 0.4) is 0 Å². The molecule has 224 valence electrons. The lowest BCUT2D eigenvalue weighted by atomic mass is 9.93. The van der Waals surface area contributed by atoms with Gasteiger partial charge in [-0.25, -0.2) is 0 Å². The lowest BCUT2D eigenvalue weighted by Gasteiger charge is -2.27. The molecule has 0 N–H and O–H groups in total. The molecule has 0 heterocycles. The molecule has 0 bridgehead atoms. The second-order valence-electron chi connectivity index (χ2n) is 12.4. The topological polar surface area (TPSA) is 78.9 Å². The van der Waals surface area contributed by atoms with Gasteiger partial charge in [0.1, 0.15) is 6.61 Å². The van der Waals surface area contributed by atoms with Gasteiger partial charge in [-0.3, -0.25) is 14.4 Å². The fourth-order valence-corrected chi connectivity index (χ4v) is 4.04. The summed E-state index contributed by atoms with van der Waals surface area (Å²) in [7, 11) is 0. The molecule has 0 saturated carbocycles. The van der Waals surface area contributed by atoms with E-state index in [1.807, 2.05) is 13.8 Å². The van der Waals surface area contributed by atoms with Gasteiger partial charge in [0.15, 0.2) is 0 Å². The largest absolute Gasteiger partial charge is 0.465 e. The van der Waals surface area contributed by atoms with Gasteiger partial charge in [-0.1, -0.05) is 118 Å². The highest BCUT2D eigenvalue weighted by molar-refractivity contribution is 5.77. The number of ether oxygens (including phenoxy) is 3. The Labute approximate surface area is 234 Å². The van der Waals surface area contributed by atoms with Gasteiger partial charge < -0.3 is 14.2 Å². The molecule has 0 saturated heterocycles. The zero-order valence-corrected chi connectivity index (χ0v) is 25.8. The molecule has 38 heavy (non-hydrogen) atoms. The van der Waals surface area contributed by atoms with E-state index in [-0.39, 0.29) is 31.8 Å². The Hall–Kier alpha value is -1.59. The zero-order chi connectivity index (χ0) is 28.7. The summed E-state index contributed by atoms with van der Waals surface area (Å²) in [6, 6.07) is 0. The normalized spacial score (nSPS) is 11.8. The van der Waals surface area contributed by atoms with Crippen LogP contribution in [0.2, 0.25) is 0 Å². The third-order valence-corrected chi connectivity index (χ3v) is 6.83. The van der Waals surface area contributed by atoms with Crippen LogP contribution in [0.4, 0.5) is 0 Å². The molecule has 6 heteroatoms. The number of unbranched alkanes of at least 4 members (excludes halogenated alkanes) is 14. The Morgan fingerprint density at radius 1 is 0.474 bits per heavy atom. The summed E-state index contributed by atoms with van der Waals surface area (Å²) < 4.78 is 16.3. The van der Waals surface area contributed by atoms with Crippen molar-refractivity contribution >= 4 is 17.9 Å². The second-order valence-corrected chi connectivity index (χ2v) is 12.4. The molecule has 0 unspecified atom stereocenters. The van der Waals surface area contributed by atoms with E-state index in [0.29, 0.717) is 12.8 Å². The predicted octanol–water partition coefficient (Wildman–Crippen LogP) is 8.73. The number of esters is 3. The van der Waals surface area contributed by atoms with Crippen molar-refractivity contribution in [3.05, 3.63) is 0 Å². The van der Waals surface area contributed by atoms with E-state index in [9.17, 15) is 14.4 Å².